The molecule has 25 heavy (non-hydrogen) atoms. The van der Waals surface area contributed by atoms with Crippen molar-refractivity contribution >= 4 is 10.9 Å². The first-order chi connectivity index (χ1) is 11.9. The number of rotatable bonds is 4. The number of methoxy groups -OCH3 is 2. The van der Waals surface area contributed by atoms with Gasteiger partial charge in [0, 0.05) is 17.6 Å². The van der Waals surface area contributed by atoms with Crippen molar-refractivity contribution in [3.05, 3.63) is 54.2 Å². The van der Waals surface area contributed by atoms with E-state index < -0.39 is 11.7 Å². The molecule has 0 aliphatic heterocycles. The predicted octanol–water partition coefficient (Wildman–Crippen LogP) is 5.06. The van der Waals surface area contributed by atoms with E-state index in [9.17, 15) is 13.2 Å². The number of hydrogen-bond donors (Lipinski definition) is 0. The molecule has 0 aliphatic carbocycles. The lowest BCUT2D eigenvalue weighted by Crippen LogP contribution is -2.04. The first kappa shape index (κ1) is 16.9. The molecule has 0 unspecified atom stereocenters. The fourth-order valence-corrected chi connectivity index (χ4v) is 2.40. The summed E-state index contributed by atoms with van der Waals surface area (Å²) in [5, 5.41) is 0.595. The van der Waals surface area contributed by atoms with Crippen LogP contribution < -0.4 is 14.2 Å². The van der Waals surface area contributed by atoms with Gasteiger partial charge in [0.15, 0.2) is 11.5 Å². The van der Waals surface area contributed by atoms with Gasteiger partial charge in [0.2, 0.25) is 0 Å². The van der Waals surface area contributed by atoms with Crippen molar-refractivity contribution in [2.75, 3.05) is 14.2 Å². The summed E-state index contributed by atoms with van der Waals surface area (Å²) in [4.78, 5) is 4.23. The van der Waals surface area contributed by atoms with Crippen molar-refractivity contribution < 1.29 is 27.4 Å². The second kappa shape index (κ2) is 6.51. The Bertz CT molecular complexity index is 910. The Labute approximate surface area is 141 Å². The molecule has 4 nitrogen and oxygen atoms in total. The maximum absolute atomic E-state index is 12.8. The van der Waals surface area contributed by atoms with Crippen molar-refractivity contribution in [2.24, 2.45) is 0 Å². The van der Waals surface area contributed by atoms with Crippen molar-refractivity contribution in [2.45, 2.75) is 6.18 Å². The van der Waals surface area contributed by atoms with Crippen molar-refractivity contribution in [1.29, 1.82) is 0 Å². The largest absolute Gasteiger partial charge is 0.493 e. The van der Waals surface area contributed by atoms with Crippen molar-refractivity contribution in [1.82, 2.24) is 4.98 Å². The van der Waals surface area contributed by atoms with E-state index in [2.05, 4.69) is 4.98 Å². The summed E-state index contributed by atoms with van der Waals surface area (Å²) < 4.78 is 54.7. The summed E-state index contributed by atoms with van der Waals surface area (Å²) in [6, 6.07) is 9.62. The molecule has 0 fully saturated rings. The van der Waals surface area contributed by atoms with Crippen LogP contribution in [-0.2, 0) is 6.18 Å². The van der Waals surface area contributed by atoms with Crippen LogP contribution in [-0.4, -0.2) is 19.2 Å². The first-order valence-corrected chi connectivity index (χ1v) is 7.28. The zero-order chi connectivity index (χ0) is 18.0. The molecule has 3 aromatic rings. The van der Waals surface area contributed by atoms with Gasteiger partial charge >= 0.3 is 6.18 Å². The molecule has 2 aromatic carbocycles. The number of alkyl halides is 3. The minimum absolute atomic E-state index is 0.0807. The summed E-state index contributed by atoms with van der Waals surface area (Å²) in [5.74, 6) is 1.41. The highest BCUT2D eigenvalue weighted by Crippen LogP contribution is 2.38. The highest BCUT2D eigenvalue weighted by atomic mass is 19.4. The number of benzene rings is 2. The van der Waals surface area contributed by atoms with Gasteiger partial charge < -0.3 is 14.2 Å². The molecule has 0 spiro atoms. The average molecular weight is 349 g/mol. The Kier molecular flexibility index (Phi) is 4.39. The topological polar surface area (TPSA) is 40.6 Å². The first-order valence-electron chi connectivity index (χ1n) is 7.28. The van der Waals surface area contributed by atoms with Crippen LogP contribution in [0, 0.1) is 0 Å². The smallest absolute Gasteiger partial charge is 0.416 e. The SMILES string of the molecule is COc1cc2nccc(Oc3cccc(C(F)(F)F)c3)c2cc1OC. The fourth-order valence-electron chi connectivity index (χ4n) is 2.40. The Balaban J connectivity index is 2.05. The number of pyridine rings is 1. The molecule has 3 rings (SSSR count). The minimum atomic E-state index is -4.43. The Morgan fingerprint density at radius 1 is 0.880 bits per heavy atom. The third kappa shape index (κ3) is 3.45. The fraction of sp³-hybridized carbons (Fsp3) is 0.167. The Morgan fingerprint density at radius 2 is 1.60 bits per heavy atom. The van der Waals surface area contributed by atoms with E-state index >= 15 is 0 Å². The Morgan fingerprint density at radius 3 is 2.28 bits per heavy atom. The lowest BCUT2D eigenvalue weighted by Gasteiger charge is -2.13. The quantitative estimate of drug-likeness (QED) is 0.660. The summed E-state index contributed by atoms with van der Waals surface area (Å²) in [7, 11) is 3.00. The van der Waals surface area contributed by atoms with Crippen LogP contribution >= 0.6 is 0 Å². The van der Waals surface area contributed by atoms with Crippen LogP contribution in [0.2, 0.25) is 0 Å². The van der Waals surface area contributed by atoms with Gasteiger partial charge in [-0.15, -0.1) is 0 Å². The molecule has 0 saturated carbocycles. The second-order valence-electron chi connectivity index (χ2n) is 5.16. The molecule has 1 heterocycles. The summed E-state index contributed by atoms with van der Waals surface area (Å²) in [5.41, 5.74) is -0.204. The van der Waals surface area contributed by atoms with Crippen LogP contribution in [0.5, 0.6) is 23.0 Å². The molecule has 0 saturated heterocycles. The second-order valence-corrected chi connectivity index (χ2v) is 5.16. The number of nitrogens with zero attached hydrogens (tertiary/aromatic N) is 1. The maximum Gasteiger partial charge on any atom is 0.416 e. The van der Waals surface area contributed by atoms with E-state index in [1.807, 2.05) is 0 Å². The molecule has 0 N–H and O–H groups in total. The summed E-state index contributed by atoms with van der Waals surface area (Å²) in [6.45, 7) is 0. The number of ether oxygens (including phenoxy) is 3. The van der Waals surface area contributed by atoms with E-state index in [1.165, 1.54) is 32.5 Å². The molecule has 1 aromatic heterocycles. The van der Waals surface area contributed by atoms with E-state index in [-0.39, 0.29) is 5.75 Å². The molecule has 0 atom stereocenters. The van der Waals surface area contributed by atoms with Crippen molar-refractivity contribution in [3.8, 4) is 23.0 Å². The Hall–Kier alpha value is -2.96. The zero-order valence-corrected chi connectivity index (χ0v) is 13.4. The minimum Gasteiger partial charge on any atom is -0.493 e. The van der Waals surface area contributed by atoms with Gasteiger partial charge in [-0.3, -0.25) is 4.98 Å². The molecule has 0 radical (unpaired) electrons. The lowest BCUT2D eigenvalue weighted by molar-refractivity contribution is -0.137. The highest BCUT2D eigenvalue weighted by molar-refractivity contribution is 5.88. The van der Waals surface area contributed by atoms with Crippen LogP contribution in [0.4, 0.5) is 13.2 Å². The number of fused-ring (bicyclic) bond motifs is 1. The van der Waals surface area contributed by atoms with Gasteiger partial charge in [-0.1, -0.05) is 6.07 Å². The molecular weight excluding hydrogens is 335 g/mol. The van der Waals surface area contributed by atoms with Crippen LogP contribution in [0.3, 0.4) is 0 Å². The molecule has 0 bridgehead atoms. The maximum atomic E-state index is 12.8. The van der Waals surface area contributed by atoms with Crippen LogP contribution in [0.15, 0.2) is 48.7 Å². The van der Waals surface area contributed by atoms with Gasteiger partial charge in [-0.05, 0) is 30.3 Å². The number of halogens is 3. The van der Waals surface area contributed by atoms with E-state index in [4.69, 9.17) is 14.2 Å². The number of aromatic nitrogens is 1. The molecule has 7 heteroatoms. The summed E-state index contributed by atoms with van der Waals surface area (Å²) in [6.07, 6.45) is -2.92. The van der Waals surface area contributed by atoms with Gasteiger partial charge in [0.25, 0.3) is 0 Å². The summed E-state index contributed by atoms with van der Waals surface area (Å²) >= 11 is 0. The predicted molar refractivity (Wildman–Crippen MR) is 86.4 cm³/mol. The lowest BCUT2D eigenvalue weighted by atomic mass is 10.1. The molecule has 0 amide bonds. The van der Waals surface area contributed by atoms with Gasteiger partial charge in [0.1, 0.15) is 11.5 Å². The molecular formula is C18H14F3NO3. The zero-order valence-electron chi connectivity index (χ0n) is 13.4. The van der Waals surface area contributed by atoms with E-state index in [0.717, 1.165) is 12.1 Å². The van der Waals surface area contributed by atoms with Crippen LogP contribution in [0.25, 0.3) is 10.9 Å². The van der Waals surface area contributed by atoms with E-state index in [1.54, 1.807) is 18.2 Å². The standard InChI is InChI=1S/C18H14F3NO3/c1-23-16-9-13-14(10-17(16)24-2)22-7-6-15(13)25-12-5-3-4-11(8-12)18(19,20)21/h3-10H,1-2H3. The van der Waals surface area contributed by atoms with E-state index in [0.29, 0.717) is 28.2 Å². The van der Waals surface area contributed by atoms with Crippen molar-refractivity contribution in [3.63, 3.8) is 0 Å². The molecule has 0 aliphatic rings. The monoisotopic (exact) mass is 349 g/mol. The third-order valence-electron chi connectivity index (χ3n) is 3.60. The number of hydrogen-bond acceptors (Lipinski definition) is 4. The van der Waals surface area contributed by atoms with Crippen LogP contribution in [0.1, 0.15) is 5.56 Å². The highest BCUT2D eigenvalue weighted by Gasteiger charge is 2.30. The normalized spacial score (nSPS) is 11.4. The van der Waals surface area contributed by atoms with Gasteiger partial charge in [0.05, 0.1) is 25.3 Å². The average Bonchev–Trinajstić information content (AvgIpc) is 2.60. The molecule has 130 valence electrons. The third-order valence-corrected chi connectivity index (χ3v) is 3.60. The van der Waals surface area contributed by atoms with Gasteiger partial charge in [-0.2, -0.15) is 13.2 Å². The van der Waals surface area contributed by atoms with Gasteiger partial charge in [-0.25, -0.2) is 0 Å².